The molecule has 0 aliphatic carbocycles. The lowest BCUT2D eigenvalue weighted by atomic mass is 10.1. The Balaban J connectivity index is 1.45. The Morgan fingerprint density at radius 1 is 0.906 bits per heavy atom. The lowest BCUT2D eigenvalue weighted by Crippen LogP contribution is -2.29. The molecular formula is C26H21NO5. The van der Waals surface area contributed by atoms with Crippen molar-refractivity contribution in [3.05, 3.63) is 99.7 Å². The first kappa shape index (κ1) is 21.1. The molecule has 0 unspecified atom stereocenters. The molecule has 6 nitrogen and oxygen atoms in total. The summed E-state index contributed by atoms with van der Waals surface area (Å²) in [5.41, 5.74) is 2.94. The van der Waals surface area contributed by atoms with Gasteiger partial charge in [-0.1, -0.05) is 23.8 Å². The molecule has 1 aromatic heterocycles. The molecule has 6 heteroatoms. The summed E-state index contributed by atoms with van der Waals surface area (Å²) in [6.45, 7) is 1.80. The summed E-state index contributed by atoms with van der Waals surface area (Å²) in [7, 11) is 1.55. The summed E-state index contributed by atoms with van der Waals surface area (Å²) in [6.07, 6.45) is 0. The van der Waals surface area contributed by atoms with Crippen molar-refractivity contribution in [1.82, 2.24) is 5.32 Å². The Morgan fingerprint density at radius 2 is 1.59 bits per heavy atom. The van der Waals surface area contributed by atoms with E-state index in [2.05, 4.69) is 5.32 Å². The van der Waals surface area contributed by atoms with Crippen LogP contribution in [0, 0.1) is 6.92 Å². The van der Waals surface area contributed by atoms with Crippen molar-refractivity contribution < 1.29 is 18.7 Å². The summed E-state index contributed by atoms with van der Waals surface area (Å²) in [5, 5.41) is 3.16. The van der Waals surface area contributed by atoms with E-state index in [1.54, 1.807) is 67.8 Å². The lowest BCUT2D eigenvalue weighted by Gasteiger charge is -2.07. The molecule has 32 heavy (non-hydrogen) atoms. The first-order valence-electron chi connectivity index (χ1n) is 10.0. The van der Waals surface area contributed by atoms with Gasteiger partial charge in [0.1, 0.15) is 17.1 Å². The van der Waals surface area contributed by atoms with Gasteiger partial charge in [0.05, 0.1) is 19.0 Å². The number of hydrogen-bond donors (Lipinski definition) is 1. The summed E-state index contributed by atoms with van der Waals surface area (Å²) < 4.78 is 10.9. The smallest absolute Gasteiger partial charge is 0.251 e. The third kappa shape index (κ3) is 4.44. The van der Waals surface area contributed by atoms with E-state index in [4.69, 9.17) is 9.15 Å². The van der Waals surface area contributed by atoms with Crippen LogP contribution < -0.4 is 15.5 Å². The number of ketones is 1. The second-order valence-corrected chi connectivity index (χ2v) is 7.39. The van der Waals surface area contributed by atoms with E-state index in [-0.39, 0.29) is 23.7 Å². The highest BCUT2D eigenvalue weighted by molar-refractivity contribution is 6.02. The van der Waals surface area contributed by atoms with Crippen molar-refractivity contribution in [3.8, 4) is 17.1 Å². The molecule has 0 saturated carbocycles. The van der Waals surface area contributed by atoms with Crippen molar-refractivity contribution in [2.45, 2.75) is 6.92 Å². The largest absolute Gasteiger partial charge is 0.497 e. The van der Waals surface area contributed by atoms with Crippen LogP contribution in [0.5, 0.6) is 5.75 Å². The molecular weight excluding hydrogens is 406 g/mol. The average Bonchev–Trinajstić information content (AvgIpc) is 2.82. The molecule has 0 aliphatic heterocycles. The molecule has 160 valence electrons. The molecule has 0 fully saturated rings. The maximum Gasteiger partial charge on any atom is 0.251 e. The Bertz CT molecular complexity index is 1350. The Hall–Kier alpha value is -4.19. The van der Waals surface area contributed by atoms with Crippen molar-refractivity contribution in [2.24, 2.45) is 0 Å². The first-order valence-corrected chi connectivity index (χ1v) is 10.0. The second-order valence-electron chi connectivity index (χ2n) is 7.39. The molecule has 3 aromatic carbocycles. The number of amides is 1. The zero-order valence-corrected chi connectivity index (χ0v) is 17.7. The van der Waals surface area contributed by atoms with Crippen LogP contribution >= 0.6 is 0 Å². The minimum absolute atomic E-state index is 0.119. The van der Waals surface area contributed by atoms with Gasteiger partial charge in [0, 0.05) is 22.8 Å². The number of Topliss-reactive ketones (excluding diaryl/α,β-unsaturated/α-hetero) is 1. The fourth-order valence-corrected chi connectivity index (χ4v) is 3.34. The predicted molar refractivity (Wildman–Crippen MR) is 122 cm³/mol. The summed E-state index contributed by atoms with van der Waals surface area (Å²) >= 11 is 0. The topological polar surface area (TPSA) is 85.6 Å². The third-order valence-corrected chi connectivity index (χ3v) is 5.14. The van der Waals surface area contributed by atoms with Gasteiger partial charge < -0.3 is 14.5 Å². The van der Waals surface area contributed by atoms with Crippen LogP contribution in [0.3, 0.4) is 0 Å². The number of rotatable bonds is 6. The molecule has 0 spiro atoms. The number of carbonyl (C=O) groups is 2. The van der Waals surface area contributed by atoms with Gasteiger partial charge >= 0.3 is 0 Å². The molecule has 4 aromatic rings. The SMILES string of the molecule is COc1ccc(C(=O)CNC(=O)c2ccc(-c3cc(=O)c4cc(C)ccc4o3)cc2)cc1. The number of nitrogens with one attached hydrogen (secondary N) is 1. The summed E-state index contributed by atoms with van der Waals surface area (Å²) in [4.78, 5) is 37.2. The number of ether oxygens (including phenoxy) is 1. The van der Waals surface area contributed by atoms with Crippen LogP contribution in [0.25, 0.3) is 22.3 Å². The van der Waals surface area contributed by atoms with Crippen LogP contribution in [-0.4, -0.2) is 25.3 Å². The standard InChI is InChI=1S/C26H21NO5/c1-16-3-12-24-21(13-16)22(28)14-25(32-24)18-4-6-19(7-5-18)26(30)27-15-23(29)17-8-10-20(31-2)11-9-17/h3-14H,15H2,1-2H3,(H,27,30). The monoisotopic (exact) mass is 427 g/mol. The van der Waals surface area contributed by atoms with Crippen molar-refractivity contribution in [2.75, 3.05) is 13.7 Å². The van der Waals surface area contributed by atoms with E-state index in [0.717, 1.165) is 5.56 Å². The van der Waals surface area contributed by atoms with Crippen LogP contribution in [0.2, 0.25) is 0 Å². The fraction of sp³-hybridized carbons (Fsp3) is 0.115. The van der Waals surface area contributed by atoms with Crippen molar-refractivity contribution >= 4 is 22.7 Å². The van der Waals surface area contributed by atoms with Gasteiger partial charge in [-0.25, -0.2) is 0 Å². The normalized spacial score (nSPS) is 10.7. The number of fused-ring (bicyclic) bond motifs is 1. The molecule has 0 radical (unpaired) electrons. The van der Waals surface area contributed by atoms with Gasteiger partial charge in [0.15, 0.2) is 11.2 Å². The number of methoxy groups -OCH3 is 1. The minimum atomic E-state index is -0.367. The maximum atomic E-state index is 12.4. The molecule has 0 aliphatic rings. The van der Waals surface area contributed by atoms with Crippen molar-refractivity contribution in [3.63, 3.8) is 0 Å². The number of carbonyl (C=O) groups excluding carboxylic acids is 2. The van der Waals surface area contributed by atoms with E-state index in [1.165, 1.54) is 6.07 Å². The zero-order valence-electron chi connectivity index (χ0n) is 17.7. The minimum Gasteiger partial charge on any atom is -0.497 e. The Morgan fingerprint density at radius 3 is 2.28 bits per heavy atom. The summed E-state index contributed by atoms with van der Waals surface area (Å²) in [6, 6.07) is 20.3. The van der Waals surface area contributed by atoms with E-state index in [0.29, 0.717) is 39.2 Å². The molecule has 1 N–H and O–H groups in total. The first-order chi connectivity index (χ1) is 15.4. The highest BCUT2D eigenvalue weighted by atomic mass is 16.5. The van der Waals surface area contributed by atoms with Gasteiger partial charge in [-0.05, 0) is 55.5 Å². The Labute approximate surface area is 184 Å². The molecule has 0 atom stereocenters. The van der Waals surface area contributed by atoms with E-state index >= 15 is 0 Å². The number of benzene rings is 3. The summed E-state index contributed by atoms with van der Waals surface area (Å²) in [5.74, 6) is 0.510. The predicted octanol–water partition coefficient (Wildman–Crippen LogP) is 4.39. The van der Waals surface area contributed by atoms with E-state index < -0.39 is 0 Å². The quantitative estimate of drug-likeness (QED) is 0.461. The highest BCUT2D eigenvalue weighted by Gasteiger charge is 2.12. The van der Waals surface area contributed by atoms with Crippen LogP contribution in [0.1, 0.15) is 26.3 Å². The van der Waals surface area contributed by atoms with Crippen LogP contribution in [0.4, 0.5) is 0 Å². The maximum absolute atomic E-state index is 12.4. The van der Waals surface area contributed by atoms with Gasteiger partial charge in [-0.2, -0.15) is 0 Å². The Kier molecular flexibility index (Phi) is 5.85. The number of aryl methyl sites for hydroxylation is 1. The average molecular weight is 427 g/mol. The van der Waals surface area contributed by atoms with Crippen LogP contribution in [0.15, 0.2) is 82.0 Å². The van der Waals surface area contributed by atoms with Crippen LogP contribution in [-0.2, 0) is 0 Å². The van der Waals surface area contributed by atoms with Crippen molar-refractivity contribution in [1.29, 1.82) is 0 Å². The molecule has 1 amide bonds. The fourth-order valence-electron chi connectivity index (χ4n) is 3.34. The zero-order chi connectivity index (χ0) is 22.7. The van der Waals surface area contributed by atoms with Gasteiger partial charge in [-0.15, -0.1) is 0 Å². The van der Waals surface area contributed by atoms with Gasteiger partial charge in [-0.3, -0.25) is 14.4 Å². The van der Waals surface area contributed by atoms with E-state index in [1.807, 2.05) is 13.0 Å². The highest BCUT2D eigenvalue weighted by Crippen LogP contribution is 2.23. The number of hydrogen-bond acceptors (Lipinski definition) is 5. The van der Waals surface area contributed by atoms with Gasteiger partial charge in [0.2, 0.25) is 0 Å². The molecule has 1 heterocycles. The van der Waals surface area contributed by atoms with Gasteiger partial charge in [0.25, 0.3) is 5.91 Å². The third-order valence-electron chi connectivity index (χ3n) is 5.14. The molecule has 0 saturated heterocycles. The molecule has 0 bridgehead atoms. The molecule has 4 rings (SSSR count). The lowest BCUT2D eigenvalue weighted by molar-refractivity contribution is 0.0904. The van der Waals surface area contributed by atoms with E-state index in [9.17, 15) is 14.4 Å². The second kappa shape index (κ2) is 8.89.